The third kappa shape index (κ3) is 3.24. The Labute approximate surface area is 180 Å². The Hall–Kier alpha value is -2.59. The zero-order valence-corrected chi connectivity index (χ0v) is 20.4. The average molecular weight is 454 g/mol. The quantitative estimate of drug-likeness (QED) is 0.265. The van der Waals surface area contributed by atoms with Gasteiger partial charge in [-0.05, 0) is 0 Å². The molecule has 0 radical (unpaired) electrons. The van der Waals surface area contributed by atoms with Crippen molar-refractivity contribution in [2.45, 2.75) is 37.0 Å². The molecule has 0 aliphatic carbocycles. The Morgan fingerprint density at radius 3 is 2.37 bits per heavy atom. The Balaban J connectivity index is 1.75. The second kappa shape index (κ2) is 6.99. The van der Waals surface area contributed by atoms with Gasteiger partial charge in [0.25, 0.3) is 0 Å². The van der Waals surface area contributed by atoms with Crippen molar-refractivity contribution in [2.24, 2.45) is 0 Å². The number of benzene rings is 3. The van der Waals surface area contributed by atoms with E-state index in [4.69, 9.17) is 4.42 Å². The first-order chi connectivity index (χ1) is 14.3. The van der Waals surface area contributed by atoms with Gasteiger partial charge in [-0.1, -0.05) is 13.8 Å². The second-order valence-electron chi connectivity index (χ2n) is 9.57. The molecule has 0 saturated heterocycles. The number of pyridine rings is 1. The third-order valence-electron chi connectivity index (χ3n) is 6.06. The Kier molecular flexibility index (Phi) is 4.51. The topological polar surface area (TPSA) is 26.0 Å². The molecule has 0 fully saturated rings. The summed E-state index contributed by atoms with van der Waals surface area (Å²) in [6, 6.07) is 22.1. The van der Waals surface area contributed by atoms with Crippen LogP contribution in [0.1, 0.15) is 25.3 Å². The van der Waals surface area contributed by atoms with Gasteiger partial charge in [0, 0.05) is 0 Å². The summed E-state index contributed by atoms with van der Waals surface area (Å²) >= 11 is -1.87. The van der Waals surface area contributed by atoms with Crippen LogP contribution in [0.3, 0.4) is 0 Å². The molecule has 0 amide bonds. The number of hydrogen-bond donors (Lipinski definition) is 0. The van der Waals surface area contributed by atoms with Crippen LogP contribution >= 0.6 is 0 Å². The van der Waals surface area contributed by atoms with E-state index in [9.17, 15) is 0 Å². The molecule has 2 nitrogen and oxygen atoms in total. The van der Waals surface area contributed by atoms with Gasteiger partial charge in [-0.25, -0.2) is 0 Å². The van der Waals surface area contributed by atoms with E-state index in [1.807, 2.05) is 6.20 Å². The van der Waals surface area contributed by atoms with Crippen LogP contribution in [0, 0.1) is 0 Å². The molecule has 2 aromatic heterocycles. The molecule has 150 valence electrons. The van der Waals surface area contributed by atoms with Crippen molar-refractivity contribution in [1.82, 2.24) is 4.98 Å². The van der Waals surface area contributed by atoms with E-state index < -0.39 is 13.3 Å². The maximum atomic E-state index is 6.20. The third-order valence-corrected chi connectivity index (χ3v) is 10.3. The van der Waals surface area contributed by atoms with Gasteiger partial charge < -0.3 is 0 Å². The van der Waals surface area contributed by atoms with Crippen molar-refractivity contribution in [3.05, 3.63) is 72.4 Å². The molecule has 0 unspecified atom stereocenters. The summed E-state index contributed by atoms with van der Waals surface area (Å²) in [5.41, 5.74) is 5.33. The fourth-order valence-electron chi connectivity index (χ4n) is 4.20. The zero-order chi connectivity index (χ0) is 21.0. The van der Waals surface area contributed by atoms with E-state index in [2.05, 4.69) is 96.8 Å². The first-order valence-electron chi connectivity index (χ1n) is 10.7. The monoisotopic (exact) mass is 455 g/mol. The van der Waals surface area contributed by atoms with Gasteiger partial charge in [-0.15, -0.1) is 0 Å². The summed E-state index contributed by atoms with van der Waals surface area (Å²) < 4.78 is 7.73. The summed E-state index contributed by atoms with van der Waals surface area (Å²) in [5.74, 6) is 7.81. The molecule has 30 heavy (non-hydrogen) atoms. The standard InChI is InChI=1S/C27H27GeNO/c1-17(2)18-12-13-29-24(16-18)20-7-10-25-23(15-20)27-22-9-8-21(28(3,4)5)14-19(22)6-11-26(27)30-25/h6-17H,1-5H3. The molecule has 3 aromatic carbocycles. The fourth-order valence-corrected chi connectivity index (χ4v) is 6.65. The molecule has 0 aliphatic heterocycles. The zero-order valence-electron chi connectivity index (χ0n) is 18.3. The summed E-state index contributed by atoms with van der Waals surface area (Å²) in [7, 11) is 0. The van der Waals surface area contributed by atoms with Gasteiger partial charge in [0.2, 0.25) is 0 Å². The van der Waals surface area contributed by atoms with Crippen LogP contribution in [0.2, 0.25) is 17.3 Å². The molecule has 3 heteroatoms. The number of furan rings is 1. The van der Waals surface area contributed by atoms with Crippen LogP contribution in [0.5, 0.6) is 0 Å². The molecule has 0 aliphatic rings. The molecule has 5 rings (SSSR count). The van der Waals surface area contributed by atoms with E-state index in [1.165, 1.54) is 26.1 Å². The van der Waals surface area contributed by atoms with Gasteiger partial charge >= 0.3 is 167 Å². The Morgan fingerprint density at radius 2 is 1.60 bits per heavy atom. The molecule has 2 heterocycles. The number of aromatic nitrogens is 1. The summed E-state index contributed by atoms with van der Waals surface area (Å²) in [6.07, 6.45) is 1.91. The first-order valence-corrected chi connectivity index (χ1v) is 18.0. The van der Waals surface area contributed by atoms with Crippen LogP contribution in [0.25, 0.3) is 44.0 Å². The first kappa shape index (κ1) is 19.4. The number of hydrogen-bond acceptors (Lipinski definition) is 2. The predicted molar refractivity (Wildman–Crippen MR) is 132 cm³/mol. The van der Waals surface area contributed by atoms with Crippen molar-refractivity contribution >= 4 is 50.4 Å². The van der Waals surface area contributed by atoms with Crippen molar-refractivity contribution in [3.63, 3.8) is 0 Å². The Bertz CT molecular complexity index is 1410. The predicted octanol–water partition coefficient (Wildman–Crippen LogP) is 7.47. The van der Waals surface area contributed by atoms with E-state index in [1.54, 1.807) is 0 Å². The second-order valence-corrected chi connectivity index (χ2v) is 20.2. The molecule has 0 N–H and O–H groups in total. The fraction of sp³-hybridized carbons (Fsp3) is 0.222. The van der Waals surface area contributed by atoms with E-state index in [0.29, 0.717) is 5.92 Å². The van der Waals surface area contributed by atoms with Crippen LogP contribution < -0.4 is 4.40 Å². The van der Waals surface area contributed by atoms with E-state index in [0.717, 1.165) is 27.8 Å². The molecular weight excluding hydrogens is 427 g/mol. The summed E-state index contributed by atoms with van der Waals surface area (Å²) in [6.45, 7) is 4.43. The Morgan fingerprint density at radius 1 is 0.800 bits per heavy atom. The van der Waals surface area contributed by atoms with E-state index in [-0.39, 0.29) is 0 Å². The van der Waals surface area contributed by atoms with Crippen molar-refractivity contribution in [3.8, 4) is 11.3 Å². The number of fused-ring (bicyclic) bond motifs is 5. The molecule has 5 aromatic rings. The van der Waals surface area contributed by atoms with Gasteiger partial charge in [0.05, 0.1) is 0 Å². The van der Waals surface area contributed by atoms with Crippen LogP contribution in [0.15, 0.2) is 71.3 Å². The van der Waals surface area contributed by atoms with Crippen LogP contribution in [-0.4, -0.2) is 18.3 Å². The average Bonchev–Trinajstić information content (AvgIpc) is 3.11. The van der Waals surface area contributed by atoms with Gasteiger partial charge in [0.15, 0.2) is 0 Å². The van der Waals surface area contributed by atoms with Crippen LogP contribution in [0.4, 0.5) is 0 Å². The SMILES string of the molecule is CC(C)c1ccnc(-c2ccc3oc4ccc5c[c]([Ge]([CH3])([CH3])[CH3])ccc5c4c3c2)c1. The number of rotatable bonds is 3. The summed E-state index contributed by atoms with van der Waals surface area (Å²) in [5, 5.41) is 4.93. The molecular formula is C27H27GeNO. The number of nitrogens with zero attached hydrogens (tertiary/aromatic N) is 1. The van der Waals surface area contributed by atoms with Crippen LogP contribution in [-0.2, 0) is 0 Å². The minimum atomic E-state index is -1.87. The minimum absolute atomic E-state index is 0.482. The van der Waals surface area contributed by atoms with Gasteiger partial charge in [0.1, 0.15) is 0 Å². The van der Waals surface area contributed by atoms with E-state index >= 15 is 0 Å². The molecule has 0 atom stereocenters. The van der Waals surface area contributed by atoms with Gasteiger partial charge in [-0.2, -0.15) is 0 Å². The summed E-state index contributed by atoms with van der Waals surface area (Å²) in [4.78, 5) is 4.64. The molecule has 0 spiro atoms. The van der Waals surface area contributed by atoms with Crippen molar-refractivity contribution in [2.75, 3.05) is 0 Å². The normalized spacial score (nSPS) is 12.5. The van der Waals surface area contributed by atoms with Gasteiger partial charge in [-0.3, -0.25) is 0 Å². The molecule has 0 bridgehead atoms. The van der Waals surface area contributed by atoms with Crippen molar-refractivity contribution < 1.29 is 4.42 Å². The maximum absolute atomic E-state index is 6.20. The van der Waals surface area contributed by atoms with Crippen molar-refractivity contribution in [1.29, 1.82) is 0 Å². The molecule has 0 saturated carbocycles.